The molecular weight excluding hydrogens is 314 g/mol. The van der Waals surface area contributed by atoms with Crippen molar-refractivity contribution in [1.82, 2.24) is 0 Å². The second kappa shape index (κ2) is 5.77. The Morgan fingerprint density at radius 3 is 2.43 bits per heavy atom. The lowest BCUT2D eigenvalue weighted by atomic mass is 10.1. The molecule has 0 N–H and O–H groups in total. The lowest BCUT2D eigenvalue weighted by Gasteiger charge is -2.20. The number of hydrogen-bond donors (Lipinski definition) is 0. The highest BCUT2D eigenvalue weighted by Crippen LogP contribution is 2.36. The predicted molar refractivity (Wildman–Crippen MR) is 89.0 cm³/mol. The summed E-state index contributed by atoms with van der Waals surface area (Å²) in [6, 6.07) is 10.5. The molecule has 2 aromatic carbocycles. The van der Waals surface area contributed by atoms with Crippen LogP contribution in [0.1, 0.15) is 11.1 Å². The van der Waals surface area contributed by atoms with Crippen LogP contribution in [0.2, 0.25) is 0 Å². The van der Waals surface area contributed by atoms with Crippen LogP contribution in [0.15, 0.2) is 41.3 Å². The van der Waals surface area contributed by atoms with E-state index < -0.39 is 10.0 Å². The minimum atomic E-state index is -3.62. The van der Waals surface area contributed by atoms with E-state index in [9.17, 15) is 8.42 Å². The predicted octanol–water partition coefficient (Wildman–Crippen LogP) is 2.76. The third-order valence-electron chi connectivity index (χ3n) is 4.03. The van der Waals surface area contributed by atoms with Gasteiger partial charge in [0, 0.05) is 12.6 Å². The molecule has 0 aliphatic carbocycles. The maximum absolute atomic E-state index is 13.0. The topological polar surface area (TPSA) is 55.8 Å². The van der Waals surface area contributed by atoms with Crippen LogP contribution in [0.5, 0.6) is 11.5 Å². The molecule has 0 radical (unpaired) electrons. The molecule has 3 rings (SSSR count). The van der Waals surface area contributed by atoms with Crippen LogP contribution in [0.25, 0.3) is 0 Å². The molecule has 1 heterocycles. The van der Waals surface area contributed by atoms with Crippen molar-refractivity contribution in [3.63, 3.8) is 0 Å². The Morgan fingerprint density at radius 1 is 1.00 bits per heavy atom. The number of rotatable bonds is 4. The van der Waals surface area contributed by atoms with E-state index in [2.05, 4.69) is 0 Å². The number of fused-ring (bicyclic) bond motifs is 1. The van der Waals surface area contributed by atoms with Crippen LogP contribution in [0.4, 0.5) is 5.69 Å². The van der Waals surface area contributed by atoms with E-state index in [0.717, 1.165) is 23.2 Å². The van der Waals surface area contributed by atoms with E-state index in [1.54, 1.807) is 12.1 Å². The molecule has 0 saturated heterocycles. The van der Waals surface area contributed by atoms with Crippen LogP contribution in [0.3, 0.4) is 0 Å². The van der Waals surface area contributed by atoms with Crippen LogP contribution in [0, 0.1) is 6.92 Å². The number of sulfonamides is 1. The number of aryl methyl sites for hydroxylation is 1. The number of benzene rings is 2. The fourth-order valence-corrected chi connectivity index (χ4v) is 4.37. The fraction of sp³-hybridized carbons (Fsp3) is 0.294. The highest BCUT2D eigenvalue weighted by Gasteiger charge is 2.31. The Balaban J connectivity index is 2.04. The summed E-state index contributed by atoms with van der Waals surface area (Å²) in [5, 5.41) is 0. The Morgan fingerprint density at radius 2 is 1.74 bits per heavy atom. The molecule has 122 valence electrons. The number of anilines is 1. The summed E-state index contributed by atoms with van der Waals surface area (Å²) in [5.74, 6) is 0.904. The van der Waals surface area contributed by atoms with Crippen molar-refractivity contribution in [3.8, 4) is 11.5 Å². The summed E-state index contributed by atoms with van der Waals surface area (Å²) < 4.78 is 37.8. The van der Waals surface area contributed by atoms with Gasteiger partial charge in [-0.15, -0.1) is 0 Å². The van der Waals surface area contributed by atoms with E-state index in [4.69, 9.17) is 9.47 Å². The zero-order chi connectivity index (χ0) is 16.6. The number of ether oxygens (including phenoxy) is 2. The van der Waals surface area contributed by atoms with E-state index in [1.807, 2.05) is 25.1 Å². The highest BCUT2D eigenvalue weighted by molar-refractivity contribution is 7.92. The van der Waals surface area contributed by atoms with Gasteiger partial charge < -0.3 is 9.47 Å². The monoisotopic (exact) mass is 333 g/mol. The third-order valence-corrected chi connectivity index (χ3v) is 5.84. The normalized spacial score (nSPS) is 13.8. The van der Waals surface area contributed by atoms with E-state index in [-0.39, 0.29) is 4.90 Å². The van der Waals surface area contributed by atoms with Gasteiger partial charge in [-0.25, -0.2) is 8.42 Å². The van der Waals surface area contributed by atoms with E-state index in [0.29, 0.717) is 18.0 Å². The van der Waals surface area contributed by atoms with Crippen molar-refractivity contribution in [2.75, 3.05) is 25.1 Å². The molecule has 0 saturated carbocycles. The van der Waals surface area contributed by atoms with Crippen molar-refractivity contribution >= 4 is 15.7 Å². The maximum Gasteiger partial charge on any atom is 0.264 e. The lowest BCUT2D eigenvalue weighted by Crippen LogP contribution is -2.29. The molecule has 5 nitrogen and oxygen atoms in total. The molecular formula is C17H19NO4S. The van der Waals surface area contributed by atoms with Crippen LogP contribution in [-0.2, 0) is 16.4 Å². The number of hydrogen-bond acceptors (Lipinski definition) is 4. The minimum Gasteiger partial charge on any atom is -0.493 e. The van der Waals surface area contributed by atoms with Crippen molar-refractivity contribution < 1.29 is 17.9 Å². The molecule has 1 aliphatic heterocycles. The molecule has 23 heavy (non-hydrogen) atoms. The Hall–Kier alpha value is -2.21. The summed E-state index contributed by atoms with van der Waals surface area (Å²) >= 11 is 0. The first-order valence-corrected chi connectivity index (χ1v) is 8.75. The van der Waals surface area contributed by atoms with Gasteiger partial charge in [-0.3, -0.25) is 4.31 Å². The standard InChI is InChI=1S/C17H19NO4S/c1-12-4-6-15-13(10-12)8-9-18(15)23(19,20)14-5-7-16(21-2)17(11-14)22-3/h4-7,10-11H,8-9H2,1-3H3. The van der Waals surface area contributed by atoms with Crippen molar-refractivity contribution in [2.45, 2.75) is 18.2 Å². The van der Waals surface area contributed by atoms with E-state index in [1.165, 1.54) is 24.6 Å². The van der Waals surface area contributed by atoms with Gasteiger partial charge in [0.15, 0.2) is 11.5 Å². The fourth-order valence-electron chi connectivity index (χ4n) is 2.85. The van der Waals surface area contributed by atoms with Crippen molar-refractivity contribution in [3.05, 3.63) is 47.5 Å². The molecule has 0 amide bonds. The first kappa shape index (κ1) is 15.7. The quantitative estimate of drug-likeness (QED) is 0.863. The van der Waals surface area contributed by atoms with Gasteiger partial charge >= 0.3 is 0 Å². The minimum absolute atomic E-state index is 0.198. The summed E-state index contributed by atoms with van der Waals surface area (Å²) in [5.41, 5.74) is 2.95. The van der Waals surface area contributed by atoms with Gasteiger partial charge in [0.05, 0.1) is 24.8 Å². The molecule has 2 aromatic rings. The Labute approximate surface area is 136 Å². The van der Waals surface area contributed by atoms with Crippen LogP contribution >= 0.6 is 0 Å². The third kappa shape index (κ3) is 2.63. The molecule has 0 atom stereocenters. The molecule has 0 aromatic heterocycles. The summed E-state index contributed by atoms with van der Waals surface area (Å²) in [4.78, 5) is 0.198. The Kier molecular flexibility index (Phi) is 3.93. The molecule has 0 unspecified atom stereocenters. The average Bonchev–Trinajstić information content (AvgIpc) is 2.97. The first-order chi connectivity index (χ1) is 11.0. The van der Waals surface area contributed by atoms with Gasteiger partial charge in [0.1, 0.15) is 0 Å². The zero-order valence-corrected chi connectivity index (χ0v) is 14.2. The van der Waals surface area contributed by atoms with Crippen molar-refractivity contribution in [1.29, 1.82) is 0 Å². The van der Waals surface area contributed by atoms with Gasteiger partial charge in [-0.1, -0.05) is 17.7 Å². The first-order valence-electron chi connectivity index (χ1n) is 7.31. The highest BCUT2D eigenvalue weighted by atomic mass is 32.2. The zero-order valence-electron chi connectivity index (χ0n) is 13.4. The second-order valence-corrected chi connectivity index (χ2v) is 7.34. The number of methoxy groups -OCH3 is 2. The summed E-state index contributed by atoms with van der Waals surface area (Å²) in [6.45, 7) is 2.46. The van der Waals surface area contributed by atoms with Gasteiger partial charge in [-0.2, -0.15) is 0 Å². The van der Waals surface area contributed by atoms with E-state index >= 15 is 0 Å². The lowest BCUT2D eigenvalue weighted by molar-refractivity contribution is 0.354. The molecule has 1 aliphatic rings. The maximum atomic E-state index is 13.0. The van der Waals surface area contributed by atoms with Gasteiger partial charge in [0.25, 0.3) is 10.0 Å². The molecule has 0 bridgehead atoms. The van der Waals surface area contributed by atoms with Gasteiger partial charge in [0.2, 0.25) is 0 Å². The van der Waals surface area contributed by atoms with Gasteiger partial charge in [-0.05, 0) is 37.1 Å². The summed E-state index contributed by atoms with van der Waals surface area (Å²) in [6.07, 6.45) is 0.726. The van der Waals surface area contributed by atoms with Crippen molar-refractivity contribution in [2.24, 2.45) is 0 Å². The van der Waals surface area contributed by atoms with Crippen LogP contribution < -0.4 is 13.8 Å². The largest absolute Gasteiger partial charge is 0.493 e. The average molecular weight is 333 g/mol. The number of nitrogens with zero attached hydrogens (tertiary/aromatic N) is 1. The Bertz CT molecular complexity index is 846. The summed E-state index contributed by atoms with van der Waals surface area (Å²) in [7, 11) is -0.618. The second-order valence-electron chi connectivity index (χ2n) is 5.48. The molecule has 0 fully saturated rings. The van der Waals surface area contributed by atoms with Crippen LogP contribution in [-0.4, -0.2) is 29.2 Å². The molecule has 6 heteroatoms. The smallest absolute Gasteiger partial charge is 0.264 e. The molecule has 0 spiro atoms. The SMILES string of the molecule is COc1ccc(S(=O)(=O)N2CCc3cc(C)ccc32)cc1OC.